The molecule has 0 aliphatic rings. The Balaban J connectivity index is 2.08. The van der Waals surface area contributed by atoms with Crippen LogP contribution in [-0.2, 0) is 11.3 Å². The van der Waals surface area contributed by atoms with E-state index in [4.69, 9.17) is 4.74 Å². The summed E-state index contributed by atoms with van der Waals surface area (Å²) in [5, 5.41) is 3.08. The minimum atomic E-state index is -0.243. The second-order valence-electron chi connectivity index (χ2n) is 4.50. The van der Waals surface area contributed by atoms with E-state index >= 15 is 0 Å². The Bertz CT molecular complexity index is 562. The summed E-state index contributed by atoms with van der Waals surface area (Å²) in [7, 11) is 1.86. The molecule has 1 N–H and O–H groups in total. The number of hydrogen-bond donors (Lipinski definition) is 1. The lowest BCUT2D eigenvalue weighted by Gasteiger charge is -2.18. The van der Waals surface area contributed by atoms with Crippen LogP contribution in [0.2, 0.25) is 0 Å². The van der Waals surface area contributed by atoms with Gasteiger partial charge in [0, 0.05) is 11.0 Å². The van der Waals surface area contributed by atoms with E-state index in [-0.39, 0.29) is 11.9 Å². The summed E-state index contributed by atoms with van der Waals surface area (Å²) in [6, 6.07) is 14.5. The van der Waals surface area contributed by atoms with Crippen molar-refractivity contribution in [3.05, 3.63) is 69.9 Å². The zero-order valence-corrected chi connectivity index (χ0v) is 12.9. The smallest absolute Gasteiger partial charge is 0.123 e. The number of ether oxygens (including phenoxy) is 1. The Labute approximate surface area is 127 Å². The van der Waals surface area contributed by atoms with Gasteiger partial charge in [-0.05, 0) is 36.4 Å². The minimum Gasteiger partial charge on any atom is -0.367 e. The van der Waals surface area contributed by atoms with Gasteiger partial charge in [-0.25, -0.2) is 4.39 Å². The van der Waals surface area contributed by atoms with E-state index in [2.05, 4.69) is 21.2 Å². The van der Waals surface area contributed by atoms with Crippen LogP contribution in [0.25, 0.3) is 0 Å². The van der Waals surface area contributed by atoms with Crippen molar-refractivity contribution in [3.63, 3.8) is 0 Å². The highest BCUT2D eigenvalue weighted by molar-refractivity contribution is 9.10. The van der Waals surface area contributed by atoms with E-state index in [0.717, 1.165) is 15.6 Å². The molecule has 2 aromatic rings. The lowest BCUT2D eigenvalue weighted by Crippen LogP contribution is -2.20. The highest BCUT2D eigenvalue weighted by Crippen LogP contribution is 2.22. The van der Waals surface area contributed by atoms with Crippen molar-refractivity contribution >= 4 is 15.9 Å². The summed E-state index contributed by atoms with van der Waals surface area (Å²) in [5.74, 6) is -0.243. The molecule has 0 amide bonds. The monoisotopic (exact) mass is 337 g/mol. The van der Waals surface area contributed by atoms with E-state index in [1.54, 1.807) is 6.07 Å². The van der Waals surface area contributed by atoms with E-state index < -0.39 is 0 Å². The highest BCUT2D eigenvalue weighted by Gasteiger charge is 2.12. The highest BCUT2D eigenvalue weighted by atomic mass is 79.9. The van der Waals surface area contributed by atoms with Gasteiger partial charge < -0.3 is 10.1 Å². The second-order valence-corrected chi connectivity index (χ2v) is 5.36. The molecule has 0 fully saturated rings. The van der Waals surface area contributed by atoms with Crippen molar-refractivity contribution < 1.29 is 9.13 Å². The average molecular weight is 338 g/mol. The molecule has 0 radical (unpaired) electrons. The van der Waals surface area contributed by atoms with Crippen molar-refractivity contribution in [3.8, 4) is 0 Å². The fraction of sp³-hybridized carbons (Fsp3) is 0.250. The lowest BCUT2D eigenvalue weighted by atomic mass is 10.1. The maximum absolute atomic E-state index is 13.3. The molecule has 4 heteroatoms. The normalized spacial score (nSPS) is 12.3. The Morgan fingerprint density at radius 2 is 2.00 bits per heavy atom. The van der Waals surface area contributed by atoms with Gasteiger partial charge in [-0.15, -0.1) is 0 Å². The third-order valence-electron chi connectivity index (χ3n) is 3.01. The summed E-state index contributed by atoms with van der Waals surface area (Å²) in [5.41, 5.74) is 1.91. The minimum absolute atomic E-state index is 0.178. The van der Waals surface area contributed by atoms with Gasteiger partial charge in [0.15, 0.2) is 0 Å². The molecule has 106 valence electrons. The molecule has 0 aliphatic carbocycles. The fourth-order valence-electron chi connectivity index (χ4n) is 1.97. The third kappa shape index (κ3) is 4.13. The summed E-state index contributed by atoms with van der Waals surface area (Å²) in [6.45, 7) is 1.11. The molecule has 0 spiro atoms. The Morgan fingerprint density at radius 3 is 2.70 bits per heavy atom. The number of benzene rings is 2. The van der Waals surface area contributed by atoms with Gasteiger partial charge in [-0.2, -0.15) is 0 Å². The first-order chi connectivity index (χ1) is 9.70. The average Bonchev–Trinajstić information content (AvgIpc) is 2.45. The van der Waals surface area contributed by atoms with Gasteiger partial charge in [0.25, 0.3) is 0 Å². The molecule has 0 saturated heterocycles. The first-order valence-corrected chi connectivity index (χ1v) is 7.25. The van der Waals surface area contributed by atoms with Crippen molar-refractivity contribution in [2.24, 2.45) is 0 Å². The van der Waals surface area contributed by atoms with Crippen LogP contribution in [0.1, 0.15) is 17.2 Å². The predicted molar refractivity (Wildman–Crippen MR) is 82.0 cm³/mol. The number of hydrogen-bond acceptors (Lipinski definition) is 2. The maximum Gasteiger partial charge on any atom is 0.123 e. The van der Waals surface area contributed by atoms with Crippen LogP contribution in [0, 0.1) is 5.82 Å². The predicted octanol–water partition coefficient (Wildman–Crippen LogP) is 4.07. The van der Waals surface area contributed by atoms with E-state index in [0.29, 0.717) is 13.2 Å². The molecule has 0 aromatic heterocycles. The number of rotatable bonds is 6. The van der Waals surface area contributed by atoms with Gasteiger partial charge in [0.1, 0.15) is 5.82 Å². The number of halogens is 2. The third-order valence-corrected chi connectivity index (χ3v) is 3.78. The molecule has 2 rings (SSSR count). The summed E-state index contributed by atoms with van der Waals surface area (Å²) in [4.78, 5) is 0. The molecule has 20 heavy (non-hydrogen) atoms. The number of nitrogens with one attached hydrogen (secondary N) is 1. The van der Waals surface area contributed by atoms with Gasteiger partial charge in [-0.3, -0.25) is 0 Å². The van der Waals surface area contributed by atoms with Gasteiger partial charge in [0.2, 0.25) is 0 Å². The summed E-state index contributed by atoms with van der Waals surface area (Å²) in [6.07, 6.45) is -0.178. The van der Waals surface area contributed by atoms with Crippen LogP contribution in [0.4, 0.5) is 4.39 Å². The van der Waals surface area contributed by atoms with Crippen molar-refractivity contribution in [1.82, 2.24) is 5.32 Å². The molecule has 2 aromatic carbocycles. The molecule has 0 bridgehead atoms. The molecule has 0 aliphatic heterocycles. The fourth-order valence-corrected chi connectivity index (χ4v) is 2.37. The van der Waals surface area contributed by atoms with Crippen molar-refractivity contribution in [2.45, 2.75) is 12.7 Å². The number of likely N-dealkylation sites (N-methyl/N-ethyl adjacent to an activating group) is 1. The van der Waals surface area contributed by atoms with Crippen LogP contribution in [0.5, 0.6) is 0 Å². The standard InChI is InChI=1S/C16H17BrFNO/c1-19-10-16(12-6-4-7-14(18)9-12)20-11-13-5-2-3-8-15(13)17/h2-9,16,19H,10-11H2,1H3. The zero-order valence-electron chi connectivity index (χ0n) is 11.3. The first kappa shape index (κ1) is 15.2. The topological polar surface area (TPSA) is 21.3 Å². The van der Waals surface area contributed by atoms with E-state index in [9.17, 15) is 4.39 Å². The maximum atomic E-state index is 13.3. The Morgan fingerprint density at radius 1 is 1.20 bits per heavy atom. The van der Waals surface area contributed by atoms with Crippen LogP contribution >= 0.6 is 15.9 Å². The molecule has 0 heterocycles. The summed E-state index contributed by atoms with van der Waals surface area (Å²) >= 11 is 3.50. The van der Waals surface area contributed by atoms with Crippen molar-refractivity contribution in [2.75, 3.05) is 13.6 Å². The van der Waals surface area contributed by atoms with Crippen LogP contribution in [0.15, 0.2) is 53.0 Å². The molecule has 2 nitrogen and oxygen atoms in total. The second kappa shape index (κ2) is 7.53. The Kier molecular flexibility index (Phi) is 5.71. The quantitative estimate of drug-likeness (QED) is 0.857. The largest absolute Gasteiger partial charge is 0.367 e. The SMILES string of the molecule is CNCC(OCc1ccccc1Br)c1cccc(F)c1. The first-order valence-electron chi connectivity index (χ1n) is 6.46. The molecule has 1 atom stereocenters. The van der Waals surface area contributed by atoms with E-state index in [1.807, 2.05) is 37.4 Å². The van der Waals surface area contributed by atoms with Crippen LogP contribution in [0.3, 0.4) is 0 Å². The molecule has 0 saturated carbocycles. The summed E-state index contributed by atoms with van der Waals surface area (Å²) < 4.78 is 20.3. The zero-order chi connectivity index (χ0) is 14.4. The van der Waals surface area contributed by atoms with Gasteiger partial charge >= 0.3 is 0 Å². The van der Waals surface area contributed by atoms with E-state index in [1.165, 1.54) is 12.1 Å². The molecular weight excluding hydrogens is 321 g/mol. The van der Waals surface area contributed by atoms with Crippen LogP contribution in [-0.4, -0.2) is 13.6 Å². The lowest BCUT2D eigenvalue weighted by molar-refractivity contribution is 0.0406. The molecular formula is C16H17BrFNO. The Hall–Kier alpha value is -1.23. The van der Waals surface area contributed by atoms with Crippen molar-refractivity contribution in [1.29, 1.82) is 0 Å². The van der Waals surface area contributed by atoms with Crippen LogP contribution < -0.4 is 5.32 Å². The molecule has 1 unspecified atom stereocenters. The van der Waals surface area contributed by atoms with Gasteiger partial charge in [0.05, 0.1) is 12.7 Å². The van der Waals surface area contributed by atoms with Gasteiger partial charge in [-0.1, -0.05) is 46.3 Å².